The fourth-order valence-corrected chi connectivity index (χ4v) is 5.22. The maximum Gasteiger partial charge on any atom is 0.326 e. The van der Waals surface area contributed by atoms with Crippen LogP contribution in [0.5, 0.6) is 0 Å². The Balaban J connectivity index is 1.30. The van der Waals surface area contributed by atoms with Gasteiger partial charge in [-0.1, -0.05) is 54.6 Å². The van der Waals surface area contributed by atoms with Crippen molar-refractivity contribution in [1.29, 1.82) is 0 Å². The maximum absolute atomic E-state index is 13.8. The number of imidazole rings is 1. The van der Waals surface area contributed by atoms with E-state index in [-0.39, 0.29) is 17.6 Å². The van der Waals surface area contributed by atoms with Gasteiger partial charge in [-0.2, -0.15) is 5.10 Å². The Labute approximate surface area is 208 Å². The van der Waals surface area contributed by atoms with E-state index in [2.05, 4.69) is 4.98 Å². The minimum Gasteiger partial charge on any atom is -0.338 e. The van der Waals surface area contributed by atoms with Crippen molar-refractivity contribution in [3.63, 3.8) is 0 Å². The summed E-state index contributed by atoms with van der Waals surface area (Å²) in [6.07, 6.45) is 3.29. The molecule has 7 nitrogen and oxygen atoms in total. The summed E-state index contributed by atoms with van der Waals surface area (Å²) in [5.41, 5.74) is 5.89. The highest BCUT2D eigenvalue weighted by atomic mass is 16.2. The van der Waals surface area contributed by atoms with Crippen molar-refractivity contribution >= 4 is 16.9 Å². The number of rotatable bonds is 4. The number of fused-ring (bicyclic) bond motifs is 1. The molecular weight excluding hydrogens is 450 g/mol. The summed E-state index contributed by atoms with van der Waals surface area (Å²) >= 11 is 0. The molecule has 0 spiro atoms. The zero-order chi connectivity index (χ0) is 24.6. The Morgan fingerprint density at radius 2 is 1.61 bits per heavy atom. The topological polar surface area (TPSA) is 75.9 Å². The first-order chi connectivity index (χ1) is 17.6. The predicted octanol–water partition coefficient (Wildman–Crippen LogP) is 4.97. The molecule has 1 amide bonds. The van der Waals surface area contributed by atoms with Crippen LogP contribution in [-0.2, 0) is 0 Å². The Kier molecular flexibility index (Phi) is 5.52. The zero-order valence-corrected chi connectivity index (χ0v) is 20.1. The number of H-pyrrole nitrogens is 1. The summed E-state index contributed by atoms with van der Waals surface area (Å²) in [5, 5.41) is 4.85. The molecule has 180 valence electrons. The van der Waals surface area contributed by atoms with Gasteiger partial charge in [-0.25, -0.2) is 9.48 Å². The van der Waals surface area contributed by atoms with Crippen LogP contribution in [0.3, 0.4) is 0 Å². The van der Waals surface area contributed by atoms with Gasteiger partial charge in [0, 0.05) is 30.9 Å². The highest BCUT2D eigenvalue weighted by molar-refractivity contribution is 6.00. The number of benzene rings is 3. The third kappa shape index (κ3) is 3.82. The lowest BCUT2D eigenvalue weighted by Gasteiger charge is -2.32. The van der Waals surface area contributed by atoms with E-state index in [1.165, 1.54) is 0 Å². The standard InChI is InChI=1S/C29H27N5O2/c1-20-9-5-6-12-23(20)27-24(19-33(31-27)21-10-3-2-4-11-21)28(35)32-17-15-22(16-18-32)34-26-14-8-7-13-25(26)30-29(34)36/h2-14,19,22H,15-18H2,1H3,(H,30,36). The molecule has 1 aliphatic heterocycles. The van der Waals surface area contributed by atoms with E-state index in [1.807, 2.05) is 101 Å². The van der Waals surface area contributed by atoms with Crippen molar-refractivity contribution in [2.45, 2.75) is 25.8 Å². The number of amides is 1. The number of nitrogens with zero attached hydrogens (tertiary/aromatic N) is 4. The fraction of sp³-hybridized carbons (Fsp3) is 0.207. The number of nitrogens with one attached hydrogen (secondary N) is 1. The molecule has 7 heteroatoms. The van der Waals surface area contributed by atoms with Gasteiger partial charge in [-0.05, 0) is 49.6 Å². The molecule has 0 radical (unpaired) electrons. The fourth-order valence-electron chi connectivity index (χ4n) is 5.22. The van der Waals surface area contributed by atoms with Gasteiger partial charge in [0.15, 0.2) is 0 Å². The van der Waals surface area contributed by atoms with Gasteiger partial charge >= 0.3 is 5.69 Å². The van der Waals surface area contributed by atoms with Crippen LogP contribution in [0.2, 0.25) is 0 Å². The van der Waals surface area contributed by atoms with Crippen LogP contribution in [0.1, 0.15) is 34.8 Å². The van der Waals surface area contributed by atoms with E-state index in [0.717, 1.165) is 40.7 Å². The SMILES string of the molecule is Cc1ccccc1-c1nn(-c2ccccc2)cc1C(=O)N1CCC(n2c(=O)[nH]c3ccccc32)CC1. The van der Waals surface area contributed by atoms with Gasteiger partial charge in [0.2, 0.25) is 0 Å². The van der Waals surface area contributed by atoms with Gasteiger partial charge < -0.3 is 9.88 Å². The van der Waals surface area contributed by atoms with Crippen LogP contribution in [-0.4, -0.2) is 43.2 Å². The molecule has 2 aromatic heterocycles. The number of likely N-dealkylation sites (tertiary alicyclic amines) is 1. The molecule has 5 aromatic rings. The lowest BCUT2D eigenvalue weighted by atomic mass is 10.0. The number of carbonyl (C=O) groups is 1. The van der Waals surface area contributed by atoms with Crippen molar-refractivity contribution in [3.05, 3.63) is 107 Å². The second-order valence-corrected chi connectivity index (χ2v) is 9.33. The molecule has 0 bridgehead atoms. The molecule has 3 aromatic carbocycles. The van der Waals surface area contributed by atoms with E-state index >= 15 is 0 Å². The zero-order valence-electron chi connectivity index (χ0n) is 20.1. The van der Waals surface area contributed by atoms with E-state index in [0.29, 0.717) is 24.3 Å². The molecule has 0 aliphatic carbocycles. The van der Waals surface area contributed by atoms with Crippen molar-refractivity contribution in [2.75, 3.05) is 13.1 Å². The Morgan fingerprint density at radius 3 is 2.39 bits per heavy atom. The van der Waals surface area contributed by atoms with Gasteiger partial charge in [0.1, 0.15) is 5.69 Å². The van der Waals surface area contributed by atoms with E-state index in [4.69, 9.17) is 5.10 Å². The van der Waals surface area contributed by atoms with Crippen LogP contribution in [0.15, 0.2) is 89.9 Å². The molecule has 1 aliphatic rings. The molecule has 1 saturated heterocycles. The quantitative estimate of drug-likeness (QED) is 0.397. The molecule has 6 rings (SSSR count). The molecule has 36 heavy (non-hydrogen) atoms. The number of aromatic nitrogens is 4. The lowest BCUT2D eigenvalue weighted by Crippen LogP contribution is -2.40. The van der Waals surface area contributed by atoms with Gasteiger partial charge in [-0.3, -0.25) is 9.36 Å². The first-order valence-corrected chi connectivity index (χ1v) is 12.3. The third-order valence-electron chi connectivity index (χ3n) is 7.11. The second-order valence-electron chi connectivity index (χ2n) is 9.33. The van der Waals surface area contributed by atoms with E-state index in [1.54, 1.807) is 4.68 Å². The molecule has 1 N–H and O–H groups in total. The van der Waals surface area contributed by atoms with Crippen molar-refractivity contribution in [3.8, 4) is 16.9 Å². The van der Waals surface area contributed by atoms with Crippen LogP contribution in [0.4, 0.5) is 0 Å². The molecule has 3 heterocycles. The number of hydrogen-bond acceptors (Lipinski definition) is 3. The highest BCUT2D eigenvalue weighted by Crippen LogP contribution is 2.30. The molecular formula is C29H27N5O2. The highest BCUT2D eigenvalue weighted by Gasteiger charge is 2.29. The van der Waals surface area contributed by atoms with Crippen molar-refractivity contribution in [2.24, 2.45) is 0 Å². The first kappa shape index (κ1) is 22.1. The second kappa shape index (κ2) is 9.00. The third-order valence-corrected chi connectivity index (χ3v) is 7.11. The molecule has 0 atom stereocenters. The predicted molar refractivity (Wildman–Crippen MR) is 140 cm³/mol. The summed E-state index contributed by atoms with van der Waals surface area (Å²) in [4.78, 5) is 31.3. The maximum atomic E-state index is 13.8. The summed E-state index contributed by atoms with van der Waals surface area (Å²) in [5.74, 6) is -0.0276. The van der Waals surface area contributed by atoms with Crippen molar-refractivity contribution < 1.29 is 4.79 Å². The normalized spacial score (nSPS) is 14.4. The molecule has 0 unspecified atom stereocenters. The Morgan fingerprint density at radius 1 is 0.917 bits per heavy atom. The van der Waals surface area contributed by atoms with Crippen LogP contribution in [0, 0.1) is 6.92 Å². The lowest BCUT2D eigenvalue weighted by molar-refractivity contribution is 0.0696. The first-order valence-electron chi connectivity index (χ1n) is 12.3. The summed E-state index contributed by atoms with van der Waals surface area (Å²) in [6.45, 7) is 3.20. The van der Waals surface area contributed by atoms with E-state index < -0.39 is 0 Å². The Bertz CT molecular complexity index is 1600. The number of piperidine rings is 1. The summed E-state index contributed by atoms with van der Waals surface area (Å²) in [7, 11) is 0. The minimum atomic E-state index is -0.0908. The largest absolute Gasteiger partial charge is 0.338 e. The van der Waals surface area contributed by atoms with Crippen molar-refractivity contribution in [1.82, 2.24) is 24.2 Å². The number of hydrogen-bond donors (Lipinski definition) is 1. The number of para-hydroxylation sites is 3. The van der Waals surface area contributed by atoms with Crippen LogP contribution < -0.4 is 5.69 Å². The van der Waals surface area contributed by atoms with E-state index in [9.17, 15) is 9.59 Å². The van der Waals surface area contributed by atoms with Gasteiger partial charge in [0.25, 0.3) is 5.91 Å². The monoisotopic (exact) mass is 477 g/mol. The summed E-state index contributed by atoms with van der Waals surface area (Å²) < 4.78 is 3.64. The molecule has 1 fully saturated rings. The summed E-state index contributed by atoms with van der Waals surface area (Å²) in [6, 6.07) is 25.7. The average molecular weight is 478 g/mol. The number of aromatic amines is 1. The smallest absolute Gasteiger partial charge is 0.326 e. The molecule has 0 saturated carbocycles. The Hall–Kier alpha value is -4.39. The number of aryl methyl sites for hydroxylation is 1. The van der Waals surface area contributed by atoms with Crippen LogP contribution in [0.25, 0.3) is 28.0 Å². The number of carbonyl (C=O) groups excluding carboxylic acids is 1. The van der Waals surface area contributed by atoms with Gasteiger partial charge in [0.05, 0.1) is 22.3 Å². The van der Waals surface area contributed by atoms with Gasteiger partial charge in [-0.15, -0.1) is 0 Å². The average Bonchev–Trinajstić information content (AvgIpc) is 3.50. The van der Waals surface area contributed by atoms with Crippen LogP contribution >= 0.6 is 0 Å². The minimum absolute atomic E-state index is 0.0276.